The number of halogens is 1. The molecule has 3 aromatic rings. The third-order valence-corrected chi connectivity index (χ3v) is 4.22. The van der Waals surface area contributed by atoms with Crippen LogP contribution in [-0.4, -0.2) is 37.5 Å². The van der Waals surface area contributed by atoms with Gasteiger partial charge < -0.3 is 9.88 Å². The number of benzene rings is 1. The minimum Gasteiger partial charge on any atom is -0.340 e. The van der Waals surface area contributed by atoms with Crippen LogP contribution >= 0.6 is 11.6 Å². The zero-order valence-corrected chi connectivity index (χ0v) is 13.0. The van der Waals surface area contributed by atoms with Crippen molar-refractivity contribution in [3.05, 3.63) is 58.6 Å². The Morgan fingerprint density at radius 2 is 2.04 bits per heavy atom. The van der Waals surface area contributed by atoms with Gasteiger partial charge in [0.25, 0.3) is 5.91 Å². The molecule has 0 atom stereocenters. The standard InChI is InChI=1S/C16H14ClN5O/c17-11-3-1-10(2-4-11)15-19-12-6-8-22(9-14(12)20-15)16(23)13-5-7-18-21-13/h1-5,7H,6,8-9H2,(H,18,21)(H,19,20). The second kappa shape index (κ2) is 5.55. The Morgan fingerprint density at radius 3 is 2.78 bits per heavy atom. The Morgan fingerprint density at radius 1 is 1.22 bits per heavy atom. The quantitative estimate of drug-likeness (QED) is 0.759. The molecular weight excluding hydrogens is 314 g/mol. The summed E-state index contributed by atoms with van der Waals surface area (Å²) in [5, 5.41) is 7.24. The van der Waals surface area contributed by atoms with E-state index in [2.05, 4.69) is 20.2 Å². The molecule has 0 bridgehead atoms. The topological polar surface area (TPSA) is 77.7 Å². The number of aromatic amines is 2. The van der Waals surface area contributed by atoms with Crippen LogP contribution in [0.2, 0.25) is 5.02 Å². The van der Waals surface area contributed by atoms with E-state index < -0.39 is 0 Å². The van der Waals surface area contributed by atoms with Crippen LogP contribution in [0.15, 0.2) is 36.5 Å². The molecule has 3 heterocycles. The van der Waals surface area contributed by atoms with Crippen molar-refractivity contribution in [3.8, 4) is 11.4 Å². The van der Waals surface area contributed by atoms with E-state index in [1.165, 1.54) is 0 Å². The number of imidazole rings is 1. The van der Waals surface area contributed by atoms with Gasteiger partial charge in [0.2, 0.25) is 0 Å². The van der Waals surface area contributed by atoms with Crippen molar-refractivity contribution in [3.63, 3.8) is 0 Å². The minimum atomic E-state index is -0.0456. The third-order valence-electron chi connectivity index (χ3n) is 3.97. The van der Waals surface area contributed by atoms with Gasteiger partial charge in [-0.1, -0.05) is 11.6 Å². The first-order valence-corrected chi connectivity index (χ1v) is 7.71. The number of amides is 1. The summed E-state index contributed by atoms with van der Waals surface area (Å²) < 4.78 is 0. The zero-order chi connectivity index (χ0) is 15.8. The number of H-pyrrole nitrogens is 2. The van der Waals surface area contributed by atoms with Gasteiger partial charge in [0, 0.05) is 29.7 Å². The molecule has 0 unspecified atom stereocenters. The summed E-state index contributed by atoms with van der Waals surface area (Å²) in [6.45, 7) is 1.17. The molecule has 1 aliphatic heterocycles. The number of fused-ring (bicyclic) bond motifs is 1. The molecule has 0 fully saturated rings. The Labute approximate surface area is 137 Å². The fourth-order valence-corrected chi connectivity index (χ4v) is 2.88. The molecule has 2 N–H and O–H groups in total. The van der Waals surface area contributed by atoms with E-state index in [1.807, 2.05) is 24.3 Å². The third kappa shape index (κ3) is 2.61. The van der Waals surface area contributed by atoms with Crippen LogP contribution in [0.5, 0.6) is 0 Å². The molecule has 4 rings (SSSR count). The SMILES string of the molecule is O=C(c1ccn[nH]1)N1CCc2nc(-c3ccc(Cl)cc3)[nH]c2C1. The number of nitrogens with zero attached hydrogens (tertiary/aromatic N) is 3. The molecule has 7 heteroatoms. The maximum absolute atomic E-state index is 12.4. The van der Waals surface area contributed by atoms with Gasteiger partial charge in [0.15, 0.2) is 0 Å². The van der Waals surface area contributed by atoms with Gasteiger partial charge >= 0.3 is 0 Å². The second-order valence-corrected chi connectivity index (χ2v) is 5.90. The summed E-state index contributed by atoms with van der Waals surface area (Å²) in [4.78, 5) is 22.2. The highest BCUT2D eigenvalue weighted by Gasteiger charge is 2.25. The molecule has 0 saturated carbocycles. The van der Waals surface area contributed by atoms with Crippen LogP contribution in [0.25, 0.3) is 11.4 Å². The van der Waals surface area contributed by atoms with Gasteiger partial charge in [-0.3, -0.25) is 9.89 Å². The predicted octanol–water partition coefficient (Wildman–Crippen LogP) is 2.65. The molecule has 1 amide bonds. The normalized spacial score (nSPS) is 13.9. The largest absolute Gasteiger partial charge is 0.340 e. The molecular formula is C16H14ClN5O. The minimum absolute atomic E-state index is 0.0456. The molecule has 1 aliphatic rings. The number of carbonyl (C=O) groups is 1. The summed E-state index contributed by atoms with van der Waals surface area (Å²) in [5.74, 6) is 0.762. The van der Waals surface area contributed by atoms with E-state index in [0.29, 0.717) is 23.8 Å². The Balaban J connectivity index is 1.58. The van der Waals surface area contributed by atoms with Crippen LogP contribution in [0.3, 0.4) is 0 Å². The fourth-order valence-electron chi connectivity index (χ4n) is 2.76. The molecule has 1 aromatic carbocycles. The first kappa shape index (κ1) is 14.0. The average Bonchev–Trinajstić information content (AvgIpc) is 3.23. The van der Waals surface area contributed by atoms with E-state index >= 15 is 0 Å². The number of carbonyl (C=O) groups excluding carboxylic acids is 1. The molecule has 116 valence electrons. The van der Waals surface area contributed by atoms with Crippen molar-refractivity contribution in [1.29, 1.82) is 0 Å². The van der Waals surface area contributed by atoms with Crippen molar-refractivity contribution in [2.75, 3.05) is 6.54 Å². The monoisotopic (exact) mass is 327 g/mol. The van der Waals surface area contributed by atoms with E-state index in [4.69, 9.17) is 11.6 Å². The highest BCUT2D eigenvalue weighted by atomic mass is 35.5. The van der Waals surface area contributed by atoms with Crippen LogP contribution in [0.4, 0.5) is 0 Å². The highest BCUT2D eigenvalue weighted by molar-refractivity contribution is 6.30. The summed E-state index contributed by atoms with van der Waals surface area (Å²) in [6.07, 6.45) is 2.32. The number of rotatable bonds is 2. The van der Waals surface area contributed by atoms with Gasteiger partial charge in [-0.25, -0.2) is 4.98 Å². The van der Waals surface area contributed by atoms with Crippen molar-refractivity contribution in [2.24, 2.45) is 0 Å². The van der Waals surface area contributed by atoms with Gasteiger partial charge in [0.05, 0.1) is 17.9 Å². The Hall–Kier alpha value is -2.60. The van der Waals surface area contributed by atoms with Crippen molar-refractivity contribution in [1.82, 2.24) is 25.1 Å². The highest BCUT2D eigenvalue weighted by Crippen LogP contribution is 2.24. The summed E-state index contributed by atoms with van der Waals surface area (Å²) in [6, 6.07) is 9.23. The summed E-state index contributed by atoms with van der Waals surface area (Å²) in [7, 11) is 0. The van der Waals surface area contributed by atoms with Gasteiger partial charge in [-0.2, -0.15) is 5.10 Å². The number of hydrogen-bond acceptors (Lipinski definition) is 3. The molecule has 2 aromatic heterocycles. The average molecular weight is 328 g/mol. The van der Waals surface area contributed by atoms with Crippen molar-refractivity contribution in [2.45, 2.75) is 13.0 Å². The molecule has 6 nitrogen and oxygen atoms in total. The molecule has 23 heavy (non-hydrogen) atoms. The van der Waals surface area contributed by atoms with E-state index in [9.17, 15) is 4.79 Å². The lowest BCUT2D eigenvalue weighted by Gasteiger charge is -2.25. The molecule has 0 radical (unpaired) electrons. The van der Waals surface area contributed by atoms with Crippen LogP contribution in [-0.2, 0) is 13.0 Å². The first-order chi connectivity index (χ1) is 11.2. The Kier molecular flexibility index (Phi) is 3.38. The van der Waals surface area contributed by atoms with Crippen molar-refractivity contribution < 1.29 is 4.79 Å². The van der Waals surface area contributed by atoms with Crippen LogP contribution < -0.4 is 0 Å². The van der Waals surface area contributed by atoms with Gasteiger partial charge in [0.1, 0.15) is 11.5 Å². The first-order valence-electron chi connectivity index (χ1n) is 7.33. The van der Waals surface area contributed by atoms with E-state index in [1.54, 1.807) is 17.2 Å². The zero-order valence-electron chi connectivity index (χ0n) is 12.2. The van der Waals surface area contributed by atoms with Crippen LogP contribution in [0, 0.1) is 0 Å². The number of aromatic nitrogens is 4. The van der Waals surface area contributed by atoms with Gasteiger partial charge in [-0.15, -0.1) is 0 Å². The lowest BCUT2D eigenvalue weighted by atomic mass is 10.1. The van der Waals surface area contributed by atoms with E-state index in [-0.39, 0.29) is 5.91 Å². The Bertz CT molecular complexity index is 838. The summed E-state index contributed by atoms with van der Waals surface area (Å²) in [5.41, 5.74) is 3.49. The molecule has 0 aliphatic carbocycles. The predicted molar refractivity (Wildman–Crippen MR) is 86.1 cm³/mol. The number of nitrogens with one attached hydrogen (secondary N) is 2. The van der Waals surface area contributed by atoms with E-state index in [0.717, 1.165) is 29.2 Å². The smallest absolute Gasteiger partial charge is 0.272 e. The van der Waals surface area contributed by atoms with Crippen LogP contribution in [0.1, 0.15) is 21.9 Å². The number of hydrogen-bond donors (Lipinski definition) is 2. The second-order valence-electron chi connectivity index (χ2n) is 5.46. The maximum Gasteiger partial charge on any atom is 0.272 e. The van der Waals surface area contributed by atoms with Gasteiger partial charge in [-0.05, 0) is 30.3 Å². The lowest BCUT2D eigenvalue weighted by molar-refractivity contribution is 0.0726. The molecule has 0 spiro atoms. The summed E-state index contributed by atoms with van der Waals surface area (Å²) >= 11 is 5.92. The lowest BCUT2D eigenvalue weighted by Crippen LogP contribution is -2.36. The fraction of sp³-hybridized carbons (Fsp3) is 0.188. The maximum atomic E-state index is 12.4. The molecule has 0 saturated heterocycles. The van der Waals surface area contributed by atoms with Crippen molar-refractivity contribution >= 4 is 17.5 Å².